The summed E-state index contributed by atoms with van der Waals surface area (Å²) in [6.45, 7) is 1.42. The van der Waals surface area contributed by atoms with Crippen LogP contribution in [0, 0.1) is 0 Å². The summed E-state index contributed by atoms with van der Waals surface area (Å²) < 4.78 is 1.87. The monoisotopic (exact) mass is 402 g/mol. The van der Waals surface area contributed by atoms with E-state index < -0.39 is 0 Å². The number of hydrogen-bond donors (Lipinski definition) is 2. The highest BCUT2D eigenvalue weighted by atomic mass is 32.1. The summed E-state index contributed by atoms with van der Waals surface area (Å²) in [5, 5.41) is 11.3. The maximum Gasteiger partial charge on any atom is 0.319 e. The number of aryl methyl sites for hydroxylation is 1. The summed E-state index contributed by atoms with van der Waals surface area (Å²) in [6, 6.07) is 8.02. The molecule has 2 amide bonds. The molecule has 0 spiro atoms. The fraction of sp³-hybridized carbons (Fsp3) is 0.550. The van der Waals surface area contributed by atoms with Gasteiger partial charge < -0.3 is 15.5 Å². The molecule has 7 nitrogen and oxygen atoms in total. The van der Waals surface area contributed by atoms with Crippen molar-refractivity contribution in [2.24, 2.45) is 12.0 Å². The van der Waals surface area contributed by atoms with Crippen LogP contribution in [0.4, 0.5) is 10.5 Å². The van der Waals surface area contributed by atoms with Gasteiger partial charge in [0.2, 0.25) is 4.80 Å². The Hall–Kier alpha value is -2.19. The number of nitrogens with one attached hydrogen (secondary N) is 2. The van der Waals surface area contributed by atoms with Gasteiger partial charge in [-0.2, -0.15) is 5.10 Å². The molecule has 2 aromatic rings. The van der Waals surface area contributed by atoms with Gasteiger partial charge in [0.05, 0.1) is 6.04 Å². The van der Waals surface area contributed by atoms with Gasteiger partial charge in [0.15, 0.2) is 0 Å². The molecule has 1 aromatic carbocycles. The molecule has 1 saturated carbocycles. The number of hydrogen-bond acceptors (Lipinski definition) is 5. The normalized spacial score (nSPS) is 15.8. The molecule has 2 N–H and O–H groups in total. The van der Waals surface area contributed by atoms with Crippen molar-refractivity contribution < 1.29 is 4.79 Å². The topological polar surface area (TPSA) is 74.6 Å². The molecule has 1 heterocycles. The Labute approximate surface area is 170 Å². The highest BCUT2D eigenvalue weighted by molar-refractivity contribution is 7.12. The van der Waals surface area contributed by atoms with Crippen molar-refractivity contribution >= 4 is 23.1 Å². The number of urea groups is 1. The molecule has 3 rings (SSSR count). The number of nitrogens with zero attached hydrogens (tertiary/aromatic N) is 4. The minimum atomic E-state index is -0.191. The van der Waals surface area contributed by atoms with Crippen molar-refractivity contribution in [1.29, 1.82) is 0 Å². The minimum absolute atomic E-state index is 0.191. The van der Waals surface area contributed by atoms with Crippen LogP contribution in [0.15, 0.2) is 29.3 Å². The number of carbonyl (C=O) groups is 1. The third kappa shape index (κ3) is 5.90. The molecule has 0 bridgehead atoms. The number of carbonyl (C=O) groups excluding carboxylic acids is 1. The predicted octanol–water partition coefficient (Wildman–Crippen LogP) is 3.07. The lowest BCUT2D eigenvalue weighted by Crippen LogP contribution is -2.34. The maximum absolute atomic E-state index is 11.9. The van der Waals surface area contributed by atoms with Gasteiger partial charge in [-0.15, -0.1) is 0 Å². The first-order valence-electron chi connectivity index (χ1n) is 9.89. The van der Waals surface area contributed by atoms with E-state index in [2.05, 4.69) is 15.7 Å². The van der Waals surface area contributed by atoms with Crippen LogP contribution in [0.3, 0.4) is 0 Å². The molecule has 1 aliphatic rings. The zero-order chi connectivity index (χ0) is 19.9. The summed E-state index contributed by atoms with van der Waals surface area (Å²) in [6.07, 6.45) is 6.26. The Morgan fingerprint density at radius 2 is 1.96 bits per heavy atom. The van der Waals surface area contributed by atoms with E-state index in [0.717, 1.165) is 27.6 Å². The summed E-state index contributed by atoms with van der Waals surface area (Å²) in [5.41, 5.74) is 1.79. The molecule has 1 fully saturated rings. The van der Waals surface area contributed by atoms with Crippen LogP contribution in [0.5, 0.6) is 0 Å². The molecule has 0 unspecified atom stereocenters. The molecule has 0 radical (unpaired) electrons. The van der Waals surface area contributed by atoms with E-state index in [1.165, 1.54) is 32.1 Å². The summed E-state index contributed by atoms with van der Waals surface area (Å²) in [7, 11) is 5.91. The molecule has 0 atom stereocenters. The molecule has 0 aliphatic heterocycles. The molecular weight excluding hydrogens is 372 g/mol. The predicted molar refractivity (Wildman–Crippen MR) is 115 cm³/mol. The van der Waals surface area contributed by atoms with Crippen LogP contribution in [0.25, 0.3) is 10.6 Å². The van der Waals surface area contributed by atoms with Gasteiger partial charge >= 0.3 is 6.03 Å². The second kappa shape index (κ2) is 9.84. The van der Waals surface area contributed by atoms with Crippen LogP contribution in [0.1, 0.15) is 32.1 Å². The van der Waals surface area contributed by atoms with E-state index in [1.54, 1.807) is 11.3 Å². The Bertz CT molecular complexity index is 833. The van der Waals surface area contributed by atoms with Gasteiger partial charge in [0.25, 0.3) is 0 Å². The minimum Gasteiger partial charge on any atom is -0.337 e. The maximum atomic E-state index is 11.9. The number of benzene rings is 1. The summed E-state index contributed by atoms with van der Waals surface area (Å²) >= 11 is 1.62. The summed E-state index contributed by atoms with van der Waals surface area (Å²) in [5.74, 6) is 0. The van der Waals surface area contributed by atoms with Gasteiger partial charge in [-0.1, -0.05) is 30.6 Å². The van der Waals surface area contributed by atoms with E-state index in [1.807, 2.05) is 55.0 Å². The second-order valence-corrected chi connectivity index (χ2v) is 8.45. The number of likely N-dealkylation sites (N-methyl/N-ethyl adjacent to an activating group) is 1. The van der Waals surface area contributed by atoms with Gasteiger partial charge in [-0.25, -0.2) is 9.48 Å². The fourth-order valence-electron chi connectivity index (χ4n) is 3.21. The van der Waals surface area contributed by atoms with E-state index in [9.17, 15) is 4.79 Å². The van der Waals surface area contributed by atoms with Crippen LogP contribution in [0.2, 0.25) is 0 Å². The van der Waals surface area contributed by atoms with Gasteiger partial charge in [0, 0.05) is 31.4 Å². The molecule has 1 aromatic heterocycles. The molecule has 8 heteroatoms. The van der Waals surface area contributed by atoms with Gasteiger partial charge in [-0.05, 0) is 51.2 Å². The number of aromatic nitrogens is 2. The fourth-order valence-corrected chi connectivity index (χ4v) is 4.17. The Morgan fingerprint density at radius 3 is 2.64 bits per heavy atom. The lowest BCUT2D eigenvalue weighted by Gasteiger charge is -2.16. The SMILES string of the molecule is CN(C)CCNC(=O)Nc1ccc(-c2nn(C)/c(=N\C3CCCCC3)s2)cc1. The second-order valence-electron chi connectivity index (χ2n) is 7.50. The van der Waals surface area contributed by atoms with Gasteiger partial charge in [0.1, 0.15) is 5.01 Å². The van der Waals surface area contributed by atoms with Crippen LogP contribution < -0.4 is 15.4 Å². The lowest BCUT2D eigenvalue weighted by molar-refractivity contribution is 0.250. The van der Waals surface area contributed by atoms with Crippen molar-refractivity contribution in [2.75, 3.05) is 32.5 Å². The van der Waals surface area contributed by atoms with E-state index >= 15 is 0 Å². The highest BCUT2D eigenvalue weighted by Gasteiger charge is 2.13. The number of anilines is 1. The van der Waals surface area contributed by atoms with Gasteiger partial charge in [-0.3, -0.25) is 4.99 Å². The van der Waals surface area contributed by atoms with Crippen LogP contribution in [-0.4, -0.2) is 53.9 Å². The van der Waals surface area contributed by atoms with E-state index in [0.29, 0.717) is 12.6 Å². The van der Waals surface area contributed by atoms with E-state index in [-0.39, 0.29) is 6.03 Å². The largest absolute Gasteiger partial charge is 0.337 e. The average molecular weight is 403 g/mol. The van der Waals surface area contributed by atoms with Crippen molar-refractivity contribution in [2.45, 2.75) is 38.1 Å². The van der Waals surface area contributed by atoms with Crippen molar-refractivity contribution in [1.82, 2.24) is 20.0 Å². The first kappa shape index (κ1) is 20.5. The van der Waals surface area contributed by atoms with Crippen LogP contribution in [-0.2, 0) is 7.05 Å². The first-order chi connectivity index (χ1) is 13.5. The van der Waals surface area contributed by atoms with Crippen molar-refractivity contribution in [3.8, 4) is 10.6 Å². The van der Waals surface area contributed by atoms with E-state index in [4.69, 9.17) is 4.99 Å². The zero-order valence-corrected chi connectivity index (χ0v) is 17.8. The van der Waals surface area contributed by atoms with Crippen LogP contribution >= 0.6 is 11.3 Å². The Kier molecular flexibility index (Phi) is 7.22. The standard InChI is InChI=1S/C20H30N6OS/c1-25(2)14-13-21-19(27)22-17-11-9-15(10-12-17)18-24-26(3)20(28-18)23-16-7-5-4-6-8-16/h9-12,16H,4-8,13-14H2,1-3H3,(H2,21,22,27)/b23-20+. The first-order valence-corrected chi connectivity index (χ1v) is 10.7. The lowest BCUT2D eigenvalue weighted by atomic mass is 9.96. The molecule has 1 aliphatic carbocycles. The molecular formula is C20H30N6OS. The van der Waals surface area contributed by atoms with Crippen molar-refractivity contribution in [3.05, 3.63) is 29.1 Å². The Morgan fingerprint density at radius 1 is 1.25 bits per heavy atom. The quantitative estimate of drug-likeness (QED) is 0.780. The number of rotatable bonds is 6. The summed E-state index contributed by atoms with van der Waals surface area (Å²) in [4.78, 5) is 19.8. The molecule has 0 saturated heterocycles. The Balaban J connectivity index is 1.62. The third-order valence-electron chi connectivity index (χ3n) is 4.81. The highest BCUT2D eigenvalue weighted by Crippen LogP contribution is 2.23. The molecule has 152 valence electrons. The number of amides is 2. The van der Waals surface area contributed by atoms with Crippen molar-refractivity contribution in [3.63, 3.8) is 0 Å². The molecule has 28 heavy (non-hydrogen) atoms. The smallest absolute Gasteiger partial charge is 0.319 e. The average Bonchev–Trinajstić information content (AvgIpc) is 3.03. The third-order valence-corrected chi connectivity index (χ3v) is 5.87. The zero-order valence-electron chi connectivity index (χ0n) is 16.9.